The van der Waals surface area contributed by atoms with Gasteiger partial charge in [0, 0.05) is 6.61 Å². The van der Waals surface area contributed by atoms with Crippen molar-refractivity contribution >= 4 is 0 Å². The summed E-state index contributed by atoms with van der Waals surface area (Å²) in [6.07, 6.45) is 6.99. The molecule has 0 bridgehead atoms. The minimum atomic E-state index is -0.681. The van der Waals surface area contributed by atoms with Crippen LogP contribution < -0.4 is 14.2 Å². The Morgan fingerprint density at radius 3 is 2.13 bits per heavy atom. The van der Waals surface area contributed by atoms with Crippen LogP contribution in [0, 0.1) is 5.92 Å². The minimum Gasteiger partial charge on any atom is -0.504 e. The fourth-order valence-electron chi connectivity index (χ4n) is 5.29. The molecule has 0 heterocycles. The Morgan fingerprint density at radius 2 is 1.50 bits per heavy atom. The highest BCUT2D eigenvalue weighted by atomic mass is 16.5. The van der Waals surface area contributed by atoms with Crippen LogP contribution in [0.5, 0.6) is 28.7 Å². The topological polar surface area (TPSA) is 129 Å². The third-order valence-electron chi connectivity index (χ3n) is 7.44. The number of phenols is 2. The second-order valence-electron chi connectivity index (χ2n) is 10.4. The zero-order chi connectivity index (χ0) is 27.5. The van der Waals surface area contributed by atoms with Gasteiger partial charge in [-0.05, 0) is 106 Å². The van der Waals surface area contributed by atoms with E-state index in [1.54, 1.807) is 18.2 Å². The van der Waals surface area contributed by atoms with Crippen molar-refractivity contribution in [1.82, 2.24) is 0 Å². The van der Waals surface area contributed by atoms with E-state index in [0.29, 0.717) is 48.8 Å². The largest absolute Gasteiger partial charge is 0.504 e. The molecule has 0 spiro atoms. The van der Waals surface area contributed by atoms with Crippen molar-refractivity contribution in [2.45, 2.75) is 88.9 Å². The lowest BCUT2D eigenvalue weighted by molar-refractivity contribution is 0.0713. The summed E-state index contributed by atoms with van der Waals surface area (Å²) < 4.78 is 16.5. The Kier molecular flexibility index (Phi) is 11.8. The molecule has 212 valence electrons. The molecule has 1 aliphatic rings. The second-order valence-corrected chi connectivity index (χ2v) is 10.4. The van der Waals surface area contributed by atoms with Crippen molar-refractivity contribution in [1.29, 1.82) is 0 Å². The maximum absolute atomic E-state index is 10.5. The average molecular weight is 533 g/mol. The van der Waals surface area contributed by atoms with E-state index in [0.717, 1.165) is 49.7 Å². The molecule has 1 aliphatic carbocycles. The molecule has 2 aromatic carbocycles. The summed E-state index contributed by atoms with van der Waals surface area (Å²) in [7, 11) is 2.94. The van der Waals surface area contributed by atoms with Crippen LogP contribution in [-0.4, -0.2) is 64.7 Å². The molecule has 0 saturated heterocycles. The van der Waals surface area contributed by atoms with Crippen molar-refractivity contribution in [2.75, 3.05) is 20.8 Å². The number of hydrogen-bond donors (Lipinski definition) is 5. The van der Waals surface area contributed by atoms with Crippen LogP contribution in [0.15, 0.2) is 30.3 Å². The smallest absolute Gasteiger partial charge is 0.200 e. The third kappa shape index (κ3) is 8.96. The maximum Gasteiger partial charge on any atom is 0.200 e. The average Bonchev–Trinajstić information content (AvgIpc) is 2.92. The molecule has 8 nitrogen and oxygen atoms in total. The van der Waals surface area contributed by atoms with Gasteiger partial charge in [0.2, 0.25) is 5.75 Å². The quantitative estimate of drug-likeness (QED) is 0.227. The molecule has 5 N–H and O–H groups in total. The van der Waals surface area contributed by atoms with E-state index >= 15 is 0 Å². The molecule has 0 amide bonds. The summed E-state index contributed by atoms with van der Waals surface area (Å²) >= 11 is 0. The Labute approximate surface area is 225 Å². The molecule has 38 heavy (non-hydrogen) atoms. The number of aromatic hydroxyl groups is 2. The van der Waals surface area contributed by atoms with E-state index < -0.39 is 12.2 Å². The van der Waals surface area contributed by atoms with E-state index in [2.05, 4.69) is 0 Å². The lowest BCUT2D eigenvalue weighted by Gasteiger charge is -2.30. The molecular formula is C30H44O8. The highest BCUT2D eigenvalue weighted by Gasteiger charge is 2.24. The van der Waals surface area contributed by atoms with Crippen molar-refractivity contribution in [3.8, 4) is 28.7 Å². The van der Waals surface area contributed by atoms with Crippen molar-refractivity contribution in [2.24, 2.45) is 5.92 Å². The van der Waals surface area contributed by atoms with E-state index in [-0.39, 0.29) is 30.6 Å². The monoisotopic (exact) mass is 532 g/mol. The van der Waals surface area contributed by atoms with Crippen molar-refractivity contribution < 1.29 is 39.7 Å². The summed E-state index contributed by atoms with van der Waals surface area (Å²) in [5, 5.41) is 50.5. The first-order valence-electron chi connectivity index (χ1n) is 13.7. The number of aliphatic hydroxyl groups is 3. The second kappa shape index (κ2) is 15.0. The molecule has 0 aliphatic heterocycles. The zero-order valence-electron chi connectivity index (χ0n) is 22.6. The maximum atomic E-state index is 10.5. The van der Waals surface area contributed by atoms with Crippen LogP contribution in [0.4, 0.5) is 0 Å². The predicted octanol–water partition coefficient (Wildman–Crippen LogP) is 4.50. The van der Waals surface area contributed by atoms with Gasteiger partial charge in [-0.2, -0.15) is 0 Å². The molecule has 1 fully saturated rings. The third-order valence-corrected chi connectivity index (χ3v) is 7.44. The standard InChI is InChI=1S/C30H44O8/c1-36-28-17-22(18-29(37-2)30(28)35)9-12-24(33)19-23(32)11-8-21-10-13-26(34)27(16-21)38-25-7-3-5-20(15-25)6-4-14-31/h10,13,16-18,20,23-25,31-35H,3-9,11-12,14-15,19H2,1-2H3/t20-,23+,24+,25+/m1/s1. The number of aryl methyl sites for hydroxylation is 2. The van der Waals surface area contributed by atoms with Crippen molar-refractivity contribution in [3.05, 3.63) is 41.5 Å². The lowest BCUT2D eigenvalue weighted by Crippen LogP contribution is -2.25. The Balaban J connectivity index is 1.46. The van der Waals surface area contributed by atoms with Gasteiger partial charge in [-0.1, -0.05) is 12.5 Å². The molecular weight excluding hydrogens is 488 g/mol. The molecule has 2 aromatic rings. The van der Waals surface area contributed by atoms with Crippen LogP contribution in [0.3, 0.4) is 0 Å². The summed E-state index contributed by atoms with van der Waals surface area (Å²) in [4.78, 5) is 0. The van der Waals surface area contributed by atoms with Crippen LogP contribution in [0.25, 0.3) is 0 Å². The normalized spacial score (nSPS) is 19.1. The molecule has 3 rings (SSSR count). The van der Waals surface area contributed by atoms with E-state index in [1.807, 2.05) is 12.1 Å². The summed E-state index contributed by atoms with van der Waals surface area (Å²) in [5.41, 5.74) is 1.82. The number of phenolic OH excluding ortho intramolecular Hbond substituents is 2. The number of ether oxygens (including phenoxy) is 3. The van der Waals surface area contributed by atoms with Crippen molar-refractivity contribution in [3.63, 3.8) is 0 Å². The van der Waals surface area contributed by atoms with E-state index in [4.69, 9.17) is 19.3 Å². The van der Waals surface area contributed by atoms with Gasteiger partial charge in [0.05, 0.1) is 32.5 Å². The van der Waals surface area contributed by atoms with Crippen LogP contribution in [0.1, 0.15) is 68.9 Å². The highest BCUT2D eigenvalue weighted by molar-refractivity contribution is 5.52. The van der Waals surface area contributed by atoms with E-state index in [9.17, 15) is 20.4 Å². The predicted molar refractivity (Wildman–Crippen MR) is 145 cm³/mol. The van der Waals surface area contributed by atoms with Gasteiger partial charge in [0.15, 0.2) is 23.0 Å². The van der Waals surface area contributed by atoms with Gasteiger partial charge in [-0.15, -0.1) is 0 Å². The van der Waals surface area contributed by atoms with Gasteiger partial charge < -0.3 is 39.7 Å². The number of methoxy groups -OCH3 is 2. The number of hydrogen-bond acceptors (Lipinski definition) is 8. The molecule has 0 aromatic heterocycles. The Bertz CT molecular complexity index is 969. The SMILES string of the molecule is COc1cc(CC[C@H](O)C[C@@H](O)CCc2ccc(O)c(O[C@H]3CCC[C@H](CCCO)C3)c2)cc(OC)c1O. The van der Waals surface area contributed by atoms with Crippen LogP contribution in [-0.2, 0) is 12.8 Å². The zero-order valence-corrected chi connectivity index (χ0v) is 22.6. The number of benzene rings is 2. The first kappa shape index (κ1) is 29.9. The summed E-state index contributed by atoms with van der Waals surface area (Å²) in [6.45, 7) is 0.219. The van der Waals surface area contributed by atoms with Crippen LogP contribution >= 0.6 is 0 Å². The van der Waals surface area contributed by atoms with Gasteiger partial charge in [-0.3, -0.25) is 0 Å². The van der Waals surface area contributed by atoms with Crippen LogP contribution in [0.2, 0.25) is 0 Å². The molecule has 4 atom stereocenters. The Morgan fingerprint density at radius 1 is 0.868 bits per heavy atom. The number of aliphatic hydroxyl groups excluding tert-OH is 3. The van der Waals surface area contributed by atoms with Gasteiger partial charge in [0.1, 0.15) is 0 Å². The van der Waals surface area contributed by atoms with Gasteiger partial charge in [-0.25, -0.2) is 0 Å². The first-order valence-corrected chi connectivity index (χ1v) is 13.7. The minimum absolute atomic E-state index is 0.0570. The van der Waals surface area contributed by atoms with Gasteiger partial charge in [0.25, 0.3) is 0 Å². The van der Waals surface area contributed by atoms with E-state index in [1.165, 1.54) is 14.2 Å². The highest BCUT2D eigenvalue weighted by Crippen LogP contribution is 2.38. The summed E-state index contributed by atoms with van der Waals surface area (Å²) in [5.74, 6) is 1.71. The fraction of sp³-hybridized carbons (Fsp3) is 0.600. The molecule has 0 unspecified atom stereocenters. The lowest BCUT2D eigenvalue weighted by atomic mass is 9.84. The molecule has 1 saturated carbocycles. The molecule has 8 heteroatoms. The van der Waals surface area contributed by atoms with Gasteiger partial charge >= 0.3 is 0 Å². The number of rotatable bonds is 15. The Hall–Kier alpha value is -2.68. The summed E-state index contributed by atoms with van der Waals surface area (Å²) in [6, 6.07) is 8.75. The fourth-order valence-corrected chi connectivity index (χ4v) is 5.29. The first-order chi connectivity index (χ1) is 18.3. The molecule has 0 radical (unpaired) electrons.